The molecule has 17 heavy (non-hydrogen) atoms. The van der Waals surface area contributed by atoms with Gasteiger partial charge in [0.25, 0.3) is 6.43 Å². The molecule has 5 heteroatoms. The maximum atomic E-state index is 12.2. The quantitative estimate of drug-likeness (QED) is 0.761. The van der Waals surface area contributed by atoms with E-state index in [2.05, 4.69) is 0 Å². The molecule has 92 valence electrons. The van der Waals surface area contributed by atoms with Crippen LogP contribution in [0.5, 0.6) is 5.75 Å². The normalized spacial score (nSPS) is 11.7. The summed E-state index contributed by atoms with van der Waals surface area (Å²) >= 11 is 0. The molecule has 0 aliphatic heterocycles. The zero-order chi connectivity index (χ0) is 13.0. The molecule has 1 rings (SSSR count). The van der Waals surface area contributed by atoms with Crippen LogP contribution in [0, 0.1) is 6.92 Å². The molecule has 4 N–H and O–H groups in total. The number of rotatable bonds is 4. The van der Waals surface area contributed by atoms with E-state index in [9.17, 15) is 8.78 Å². The van der Waals surface area contributed by atoms with Crippen molar-refractivity contribution >= 4 is 5.71 Å². The second-order valence-corrected chi connectivity index (χ2v) is 3.58. The van der Waals surface area contributed by atoms with Crippen LogP contribution < -0.4 is 15.9 Å². The largest absolute Gasteiger partial charge is 0.496 e. The molecule has 0 radical (unpaired) electrons. The van der Waals surface area contributed by atoms with Crippen LogP contribution in [-0.4, -0.2) is 19.2 Å². The van der Waals surface area contributed by atoms with E-state index in [1.807, 2.05) is 6.92 Å². The Morgan fingerprint density at radius 1 is 1.47 bits per heavy atom. The van der Waals surface area contributed by atoms with Crippen LogP contribution in [0.15, 0.2) is 30.0 Å². The number of ether oxygens (including phenoxy) is 1. The Morgan fingerprint density at radius 3 is 2.59 bits per heavy atom. The lowest BCUT2D eigenvalue weighted by atomic mass is 10.1. The smallest absolute Gasteiger partial charge is 0.277 e. The van der Waals surface area contributed by atoms with Crippen molar-refractivity contribution in [3.63, 3.8) is 0 Å². The van der Waals surface area contributed by atoms with Crippen LogP contribution in [0.4, 0.5) is 8.78 Å². The van der Waals surface area contributed by atoms with Gasteiger partial charge in [0.2, 0.25) is 5.71 Å². The number of hydrogen-bond donors (Lipinski definition) is 2. The minimum Gasteiger partial charge on any atom is -0.496 e. The molecule has 0 atom stereocenters. The van der Waals surface area contributed by atoms with Crippen LogP contribution in [0.25, 0.3) is 0 Å². The minimum atomic E-state index is -2.70. The van der Waals surface area contributed by atoms with Gasteiger partial charge in [-0.15, -0.1) is 0 Å². The third-order valence-electron chi connectivity index (χ3n) is 2.30. The van der Waals surface area contributed by atoms with Gasteiger partial charge in [-0.3, -0.25) is 5.41 Å². The number of halogens is 2. The van der Waals surface area contributed by atoms with Gasteiger partial charge in [0.15, 0.2) is 0 Å². The number of nitrogens with two attached hydrogens (primary N) is 2. The molecule has 0 bridgehead atoms. The molecule has 0 amide bonds. The van der Waals surface area contributed by atoms with Gasteiger partial charge in [-0.25, -0.2) is 8.78 Å². The lowest BCUT2D eigenvalue weighted by Crippen LogP contribution is -2.39. The maximum Gasteiger partial charge on any atom is 0.277 e. The highest BCUT2D eigenvalue weighted by Gasteiger charge is 2.12. The number of hydrogen-bond acceptors (Lipinski definition) is 2. The summed E-state index contributed by atoms with van der Waals surface area (Å²) < 4.78 is 29.5. The fraction of sp³-hybridized carbons (Fsp3) is 0.250. The zero-order valence-corrected chi connectivity index (χ0v) is 9.71. The lowest BCUT2D eigenvalue weighted by Gasteiger charge is -2.05. The van der Waals surface area contributed by atoms with Gasteiger partial charge in [-0.2, -0.15) is 0 Å². The van der Waals surface area contributed by atoms with Crippen molar-refractivity contribution in [1.29, 1.82) is 0 Å². The Morgan fingerprint density at radius 2 is 2.12 bits per heavy atom. The van der Waals surface area contributed by atoms with Gasteiger partial charge in [0.05, 0.1) is 12.8 Å². The molecule has 0 heterocycles. The van der Waals surface area contributed by atoms with Crippen molar-refractivity contribution in [2.45, 2.75) is 13.3 Å². The van der Waals surface area contributed by atoms with Gasteiger partial charge in [0, 0.05) is 11.6 Å². The van der Waals surface area contributed by atoms with Crippen molar-refractivity contribution < 1.29 is 18.9 Å². The maximum absolute atomic E-state index is 12.2. The highest BCUT2D eigenvalue weighted by molar-refractivity contribution is 6.04. The van der Waals surface area contributed by atoms with Gasteiger partial charge in [-0.1, -0.05) is 0 Å². The predicted octanol–water partition coefficient (Wildman–Crippen LogP) is 0.660. The van der Waals surface area contributed by atoms with Crippen molar-refractivity contribution in [2.24, 2.45) is 5.73 Å². The second-order valence-electron chi connectivity index (χ2n) is 3.58. The molecular formula is C12H15F2N2O+. The highest BCUT2D eigenvalue weighted by atomic mass is 19.3. The van der Waals surface area contributed by atoms with E-state index in [-0.39, 0.29) is 5.71 Å². The number of methoxy groups -OCH3 is 1. The molecule has 0 spiro atoms. The van der Waals surface area contributed by atoms with Gasteiger partial charge in [-0.05, 0) is 30.7 Å². The van der Waals surface area contributed by atoms with Crippen LogP contribution in [0.1, 0.15) is 11.1 Å². The second kappa shape index (κ2) is 5.43. The van der Waals surface area contributed by atoms with Gasteiger partial charge in [0.1, 0.15) is 5.75 Å². The summed E-state index contributed by atoms with van der Waals surface area (Å²) in [6.45, 7) is 1.84. The first-order valence-electron chi connectivity index (χ1n) is 4.98. The van der Waals surface area contributed by atoms with Crippen molar-refractivity contribution in [1.82, 2.24) is 0 Å². The van der Waals surface area contributed by atoms with E-state index in [1.54, 1.807) is 25.3 Å². The molecule has 0 aliphatic carbocycles. The predicted molar refractivity (Wildman–Crippen MR) is 62.0 cm³/mol. The van der Waals surface area contributed by atoms with Crippen molar-refractivity contribution in [3.8, 4) is 5.75 Å². The average Bonchev–Trinajstić information content (AvgIpc) is 2.28. The van der Waals surface area contributed by atoms with Crippen molar-refractivity contribution in [2.75, 3.05) is 7.11 Å². The lowest BCUT2D eigenvalue weighted by molar-refractivity contribution is -0.111. The molecule has 0 aromatic heterocycles. The molecule has 0 unspecified atom stereocenters. The number of alkyl halides is 2. The zero-order valence-electron chi connectivity index (χ0n) is 9.71. The Balaban J connectivity index is 2.98. The van der Waals surface area contributed by atoms with E-state index in [0.29, 0.717) is 11.3 Å². The third kappa shape index (κ3) is 3.27. The summed E-state index contributed by atoms with van der Waals surface area (Å²) in [5, 5.41) is 5.68. The molecule has 0 aliphatic rings. The van der Waals surface area contributed by atoms with E-state index in [1.165, 1.54) is 0 Å². The Hall–Kier alpha value is -1.91. The van der Waals surface area contributed by atoms with E-state index in [4.69, 9.17) is 15.9 Å². The van der Waals surface area contributed by atoms with E-state index in [0.717, 1.165) is 11.6 Å². The molecule has 0 saturated carbocycles. The standard InChI is InChI=1S/C12H14F2N2O/c1-7-5-8(3-4-11(7)17-2)9(15)6-10(16)12(13)14/h3-6,12,15H,16H2,1-2H3/p+1. The first-order valence-corrected chi connectivity index (χ1v) is 4.98. The minimum absolute atomic E-state index is 0.202. The van der Waals surface area contributed by atoms with E-state index < -0.39 is 12.1 Å². The number of aryl methyl sites for hydroxylation is 1. The molecular weight excluding hydrogens is 226 g/mol. The molecule has 0 fully saturated rings. The molecule has 0 saturated heterocycles. The Bertz CT molecular complexity index is 456. The Kier molecular flexibility index (Phi) is 4.20. The highest BCUT2D eigenvalue weighted by Crippen LogP contribution is 2.18. The number of allylic oxidation sites excluding steroid dienone is 2. The molecule has 1 aromatic rings. The SMILES string of the molecule is COc1ccc(C(=[NH2+])C=C(N)C(F)F)cc1C. The summed E-state index contributed by atoms with van der Waals surface area (Å²) in [5.74, 6) is 0.715. The van der Waals surface area contributed by atoms with Gasteiger partial charge >= 0.3 is 0 Å². The fourth-order valence-corrected chi connectivity index (χ4v) is 1.38. The topological polar surface area (TPSA) is 60.8 Å². The summed E-state index contributed by atoms with van der Waals surface area (Å²) in [4.78, 5) is 0. The fourth-order valence-electron chi connectivity index (χ4n) is 1.38. The van der Waals surface area contributed by atoms with Crippen LogP contribution in [0.3, 0.4) is 0 Å². The average molecular weight is 241 g/mol. The first-order chi connectivity index (χ1) is 7.95. The summed E-state index contributed by atoms with van der Waals surface area (Å²) in [6, 6.07) is 5.17. The van der Waals surface area contributed by atoms with E-state index >= 15 is 0 Å². The van der Waals surface area contributed by atoms with Crippen LogP contribution >= 0.6 is 0 Å². The van der Waals surface area contributed by atoms with Crippen LogP contribution in [0.2, 0.25) is 0 Å². The summed E-state index contributed by atoms with van der Waals surface area (Å²) in [7, 11) is 1.56. The number of benzene rings is 1. The third-order valence-corrected chi connectivity index (χ3v) is 2.30. The molecule has 1 aromatic carbocycles. The first kappa shape index (κ1) is 13.2. The Labute approximate surface area is 98.4 Å². The van der Waals surface area contributed by atoms with Crippen LogP contribution in [-0.2, 0) is 0 Å². The summed E-state index contributed by atoms with van der Waals surface area (Å²) in [6.07, 6.45) is -1.63. The molecule has 3 nitrogen and oxygen atoms in total. The summed E-state index contributed by atoms with van der Waals surface area (Å²) in [5.41, 5.74) is 6.29. The van der Waals surface area contributed by atoms with Crippen molar-refractivity contribution in [3.05, 3.63) is 41.1 Å². The monoisotopic (exact) mass is 241 g/mol. The van der Waals surface area contributed by atoms with Gasteiger partial charge < -0.3 is 10.5 Å².